The number of morpholine rings is 1. The van der Waals surface area contributed by atoms with Crippen molar-refractivity contribution >= 4 is 0 Å². The van der Waals surface area contributed by atoms with Gasteiger partial charge in [-0.1, -0.05) is 48.9 Å². The van der Waals surface area contributed by atoms with Crippen LogP contribution in [-0.2, 0) is 11.3 Å². The molecule has 1 aromatic rings. The van der Waals surface area contributed by atoms with Crippen molar-refractivity contribution in [3.8, 4) is 0 Å². The van der Waals surface area contributed by atoms with Crippen LogP contribution in [0.2, 0.25) is 0 Å². The minimum atomic E-state index is 0.575. The van der Waals surface area contributed by atoms with Crippen molar-refractivity contribution in [2.75, 3.05) is 13.2 Å². The van der Waals surface area contributed by atoms with Crippen LogP contribution >= 0.6 is 0 Å². The lowest BCUT2D eigenvalue weighted by Crippen LogP contribution is -2.54. The molecule has 0 spiro atoms. The first-order valence-corrected chi connectivity index (χ1v) is 7.42. The van der Waals surface area contributed by atoms with Gasteiger partial charge < -0.3 is 4.74 Å². The Hall–Kier alpha value is -1.12. The van der Waals surface area contributed by atoms with Crippen LogP contribution < -0.4 is 0 Å². The molecule has 0 aromatic heterocycles. The number of ether oxygens (including phenoxy) is 1. The molecule has 2 fully saturated rings. The van der Waals surface area contributed by atoms with Gasteiger partial charge in [0.05, 0.1) is 13.2 Å². The zero-order valence-corrected chi connectivity index (χ0v) is 11.7. The summed E-state index contributed by atoms with van der Waals surface area (Å²) < 4.78 is 5.76. The van der Waals surface area contributed by atoms with Crippen LogP contribution in [0.1, 0.15) is 31.7 Å². The summed E-state index contributed by atoms with van der Waals surface area (Å²) in [5, 5.41) is 0. The molecule has 0 amide bonds. The van der Waals surface area contributed by atoms with E-state index in [2.05, 4.69) is 48.2 Å². The van der Waals surface area contributed by atoms with E-state index < -0.39 is 0 Å². The Kier molecular flexibility index (Phi) is 4.00. The van der Waals surface area contributed by atoms with Crippen LogP contribution in [0.15, 0.2) is 42.0 Å². The fourth-order valence-electron chi connectivity index (χ4n) is 3.38. The molecule has 2 bridgehead atoms. The molecule has 2 aliphatic heterocycles. The number of rotatable bonds is 3. The van der Waals surface area contributed by atoms with Crippen molar-refractivity contribution in [3.63, 3.8) is 0 Å². The Morgan fingerprint density at radius 1 is 1.16 bits per heavy atom. The molecule has 1 aromatic carbocycles. The van der Waals surface area contributed by atoms with E-state index in [4.69, 9.17) is 4.74 Å². The summed E-state index contributed by atoms with van der Waals surface area (Å²) in [5.41, 5.74) is 3.06. The molecule has 2 saturated heterocycles. The SMILES string of the molecule is CCC=C1CC2COCC(C1)N2Cc1ccccc1. The van der Waals surface area contributed by atoms with Gasteiger partial charge in [0.2, 0.25) is 0 Å². The molecular formula is C17H23NO. The van der Waals surface area contributed by atoms with Crippen molar-refractivity contribution in [2.45, 2.75) is 44.8 Å². The van der Waals surface area contributed by atoms with Crippen LogP contribution in [0.4, 0.5) is 0 Å². The summed E-state index contributed by atoms with van der Waals surface area (Å²) in [6, 6.07) is 12.0. The predicted molar refractivity (Wildman–Crippen MR) is 78.0 cm³/mol. The first kappa shape index (κ1) is 12.9. The zero-order chi connectivity index (χ0) is 13.1. The lowest BCUT2D eigenvalue weighted by Gasteiger charge is -2.46. The number of piperidine rings is 1. The van der Waals surface area contributed by atoms with Crippen molar-refractivity contribution in [2.24, 2.45) is 0 Å². The van der Waals surface area contributed by atoms with Crippen LogP contribution in [0.5, 0.6) is 0 Å². The molecule has 0 aliphatic carbocycles. The fourth-order valence-corrected chi connectivity index (χ4v) is 3.38. The average molecular weight is 257 g/mol. The van der Waals surface area contributed by atoms with E-state index in [0.29, 0.717) is 12.1 Å². The highest BCUT2D eigenvalue weighted by molar-refractivity contribution is 5.18. The average Bonchev–Trinajstić information content (AvgIpc) is 2.41. The summed E-state index contributed by atoms with van der Waals surface area (Å²) in [4.78, 5) is 2.66. The topological polar surface area (TPSA) is 12.5 Å². The Labute approximate surface area is 116 Å². The first-order valence-electron chi connectivity index (χ1n) is 7.42. The number of hydrogen-bond donors (Lipinski definition) is 0. The molecule has 2 nitrogen and oxygen atoms in total. The lowest BCUT2D eigenvalue weighted by atomic mass is 9.88. The lowest BCUT2D eigenvalue weighted by molar-refractivity contribution is -0.0656. The van der Waals surface area contributed by atoms with Crippen LogP contribution in [0.25, 0.3) is 0 Å². The van der Waals surface area contributed by atoms with Crippen molar-refractivity contribution in [1.29, 1.82) is 0 Å². The van der Waals surface area contributed by atoms with Gasteiger partial charge in [0.25, 0.3) is 0 Å². The molecule has 2 heteroatoms. The highest BCUT2D eigenvalue weighted by atomic mass is 16.5. The normalized spacial score (nSPS) is 27.3. The molecule has 3 rings (SSSR count). The molecule has 2 aliphatic rings. The second-order valence-electron chi connectivity index (χ2n) is 5.68. The molecule has 0 radical (unpaired) electrons. The predicted octanol–water partition coefficient (Wildman–Crippen LogP) is 3.39. The van der Waals surface area contributed by atoms with Gasteiger partial charge in [-0.3, -0.25) is 4.90 Å². The van der Waals surface area contributed by atoms with Gasteiger partial charge in [0.15, 0.2) is 0 Å². The summed E-state index contributed by atoms with van der Waals surface area (Å²) in [6.45, 7) is 5.09. The third kappa shape index (κ3) is 2.90. The molecule has 2 unspecified atom stereocenters. The summed E-state index contributed by atoms with van der Waals surface area (Å²) in [5.74, 6) is 0. The summed E-state index contributed by atoms with van der Waals surface area (Å²) in [7, 11) is 0. The second-order valence-corrected chi connectivity index (χ2v) is 5.68. The maximum Gasteiger partial charge on any atom is 0.0626 e. The largest absolute Gasteiger partial charge is 0.378 e. The van der Waals surface area contributed by atoms with E-state index in [-0.39, 0.29) is 0 Å². The van der Waals surface area contributed by atoms with E-state index in [1.165, 1.54) is 18.4 Å². The molecule has 102 valence electrons. The molecule has 2 heterocycles. The number of benzene rings is 1. The summed E-state index contributed by atoms with van der Waals surface area (Å²) >= 11 is 0. The Morgan fingerprint density at radius 3 is 2.47 bits per heavy atom. The minimum Gasteiger partial charge on any atom is -0.378 e. The highest BCUT2D eigenvalue weighted by Gasteiger charge is 2.36. The van der Waals surface area contributed by atoms with E-state index in [1.807, 2.05) is 0 Å². The van der Waals surface area contributed by atoms with Gasteiger partial charge in [0.1, 0.15) is 0 Å². The maximum absolute atomic E-state index is 5.76. The molecule has 19 heavy (non-hydrogen) atoms. The number of nitrogens with zero attached hydrogens (tertiary/aromatic N) is 1. The van der Waals surface area contributed by atoms with Crippen LogP contribution in [0.3, 0.4) is 0 Å². The quantitative estimate of drug-likeness (QED) is 0.770. The maximum atomic E-state index is 5.76. The minimum absolute atomic E-state index is 0.575. The van der Waals surface area contributed by atoms with E-state index in [9.17, 15) is 0 Å². The standard InChI is InChI=1S/C17H23NO/c1-2-6-15-9-16-12-19-13-17(10-15)18(16)11-14-7-4-3-5-8-14/h3-8,16-17H,2,9-13H2,1H3. The van der Waals surface area contributed by atoms with Gasteiger partial charge >= 0.3 is 0 Å². The third-order valence-electron chi connectivity index (χ3n) is 4.25. The van der Waals surface area contributed by atoms with Gasteiger partial charge in [-0.25, -0.2) is 0 Å². The van der Waals surface area contributed by atoms with Gasteiger partial charge in [-0.05, 0) is 24.8 Å². The van der Waals surface area contributed by atoms with Crippen LogP contribution in [0, 0.1) is 0 Å². The van der Waals surface area contributed by atoms with Crippen molar-refractivity contribution < 1.29 is 4.74 Å². The van der Waals surface area contributed by atoms with E-state index in [0.717, 1.165) is 26.2 Å². The van der Waals surface area contributed by atoms with Gasteiger partial charge in [0, 0.05) is 18.6 Å². The van der Waals surface area contributed by atoms with Gasteiger partial charge in [-0.15, -0.1) is 0 Å². The molecule has 2 atom stereocenters. The number of fused-ring (bicyclic) bond motifs is 2. The van der Waals surface area contributed by atoms with E-state index in [1.54, 1.807) is 5.57 Å². The third-order valence-corrected chi connectivity index (χ3v) is 4.25. The number of hydrogen-bond acceptors (Lipinski definition) is 2. The number of allylic oxidation sites excluding steroid dienone is 1. The Morgan fingerprint density at radius 2 is 1.84 bits per heavy atom. The monoisotopic (exact) mass is 257 g/mol. The van der Waals surface area contributed by atoms with E-state index >= 15 is 0 Å². The Bertz CT molecular complexity index is 424. The molecule has 0 saturated carbocycles. The van der Waals surface area contributed by atoms with Gasteiger partial charge in [-0.2, -0.15) is 0 Å². The second kappa shape index (κ2) is 5.89. The first-order chi connectivity index (χ1) is 9.36. The molecular weight excluding hydrogens is 234 g/mol. The van der Waals surface area contributed by atoms with Crippen molar-refractivity contribution in [1.82, 2.24) is 4.90 Å². The smallest absolute Gasteiger partial charge is 0.0626 e. The Balaban J connectivity index is 1.74. The van der Waals surface area contributed by atoms with Crippen molar-refractivity contribution in [3.05, 3.63) is 47.5 Å². The van der Waals surface area contributed by atoms with Crippen LogP contribution in [-0.4, -0.2) is 30.2 Å². The zero-order valence-electron chi connectivity index (χ0n) is 11.7. The highest BCUT2D eigenvalue weighted by Crippen LogP contribution is 2.32. The fraction of sp³-hybridized carbons (Fsp3) is 0.529. The molecule has 0 N–H and O–H groups in total. The summed E-state index contributed by atoms with van der Waals surface area (Å²) in [6.07, 6.45) is 5.97.